The molecule has 4 heterocycles. The summed E-state index contributed by atoms with van der Waals surface area (Å²) in [4.78, 5) is 11.9. The second kappa shape index (κ2) is 7.77. The predicted molar refractivity (Wildman–Crippen MR) is 112 cm³/mol. The van der Waals surface area contributed by atoms with E-state index in [1.807, 2.05) is 6.92 Å². The van der Waals surface area contributed by atoms with Crippen molar-refractivity contribution in [2.45, 2.75) is 57.1 Å². The summed E-state index contributed by atoms with van der Waals surface area (Å²) >= 11 is 0. The minimum atomic E-state index is -3.57. The quantitative estimate of drug-likeness (QED) is 0.694. The lowest BCUT2D eigenvalue weighted by Gasteiger charge is -2.32. The summed E-state index contributed by atoms with van der Waals surface area (Å²) < 4.78 is 50.6. The Kier molecular flexibility index (Phi) is 5.63. The Bertz CT molecular complexity index is 980. The molecular weight excluding hydrogens is 412 g/mol. The van der Waals surface area contributed by atoms with Crippen LogP contribution in [0.1, 0.15) is 55.1 Å². The molecule has 0 bridgehead atoms. The van der Waals surface area contributed by atoms with Crippen LogP contribution in [0.3, 0.4) is 0 Å². The van der Waals surface area contributed by atoms with Gasteiger partial charge in [-0.25, -0.2) is 31.1 Å². The zero-order valence-corrected chi connectivity index (χ0v) is 18.8. The lowest BCUT2D eigenvalue weighted by Crippen LogP contribution is -2.43. The highest BCUT2D eigenvalue weighted by Crippen LogP contribution is 2.32. The fourth-order valence-electron chi connectivity index (χ4n) is 4.63. The van der Waals surface area contributed by atoms with Gasteiger partial charge in [-0.1, -0.05) is 0 Å². The van der Waals surface area contributed by atoms with Gasteiger partial charge in [-0.05, 0) is 46.0 Å². The lowest BCUT2D eigenvalue weighted by molar-refractivity contribution is 0.310. The van der Waals surface area contributed by atoms with Crippen LogP contribution in [-0.2, 0) is 19.9 Å². The molecule has 0 radical (unpaired) electrons. The molecule has 3 saturated heterocycles. The van der Waals surface area contributed by atoms with Crippen LogP contribution in [0.25, 0.3) is 0 Å². The number of aromatic nitrogens is 2. The van der Waals surface area contributed by atoms with Crippen molar-refractivity contribution in [1.82, 2.24) is 14.3 Å². The van der Waals surface area contributed by atoms with Gasteiger partial charge in [-0.2, -0.15) is 0 Å². The fourth-order valence-corrected chi connectivity index (χ4v) is 9.19. The van der Waals surface area contributed by atoms with E-state index in [1.54, 1.807) is 0 Å². The maximum atomic E-state index is 12.9. The van der Waals surface area contributed by atoms with Crippen LogP contribution in [-0.4, -0.2) is 74.0 Å². The summed E-state index contributed by atoms with van der Waals surface area (Å²) in [7, 11) is -6.79. The molecule has 3 aliphatic heterocycles. The van der Waals surface area contributed by atoms with Crippen LogP contribution in [0.2, 0.25) is 0 Å². The van der Waals surface area contributed by atoms with Crippen LogP contribution in [0.4, 0.5) is 5.82 Å². The first-order chi connectivity index (χ1) is 13.7. The Morgan fingerprint density at radius 1 is 0.966 bits per heavy atom. The second-order valence-corrected chi connectivity index (χ2v) is 13.0. The van der Waals surface area contributed by atoms with Crippen molar-refractivity contribution in [3.05, 3.63) is 17.1 Å². The second-order valence-electron chi connectivity index (χ2n) is 8.55. The summed E-state index contributed by atoms with van der Waals surface area (Å²) in [5, 5.41) is -0.788. The first-order valence-electron chi connectivity index (χ1n) is 10.5. The number of anilines is 1. The van der Waals surface area contributed by atoms with Crippen LogP contribution in [0.15, 0.2) is 0 Å². The maximum Gasteiger partial charge on any atom is 0.218 e. The normalized spacial score (nSPS) is 26.3. The number of nitrogens with zero attached hydrogens (tertiary/aromatic N) is 4. The molecule has 0 N–H and O–H groups in total. The average Bonchev–Trinajstić information content (AvgIpc) is 3.34. The SMILES string of the molecule is Cc1nc(C2CCN(S(=O)(=O)C3CCS(=O)(=O)C3)CC2)nc(N2CCCC2)c1C. The number of piperidine rings is 1. The van der Waals surface area contributed by atoms with Crippen LogP contribution < -0.4 is 4.90 Å². The summed E-state index contributed by atoms with van der Waals surface area (Å²) in [6.07, 6.45) is 3.92. The highest BCUT2D eigenvalue weighted by Gasteiger charge is 2.41. The van der Waals surface area contributed by atoms with Crippen molar-refractivity contribution >= 4 is 25.7 Å². The molecule has 8 nitrogen and oxygen atoms in total. The third-order valence-corrected chi connectivity index (χ3v) is 10.9. The summed E-state index contributed by atoms with van der Waals surface area (Å²) in [6.45, 7) is 6.94. The van der Waals surface area contributed by atoms with Crippen LogP contribution in [0, 0.1) is 13.8 Å². The van der Waals surface area contributed by atoms with E-state index >= 15 is 0 Å². The van der Waals surface area contributed by atoms with Gasteiger partial charge in [0.1, 0.15) is 11.6 Å². The average molecular weight is 443 g/mol. The van der Waals surface area contributed by atoms with E-state index in [0.29, 0.717) is 25.9 Å². The van der Waals surface area contributed by atoms with Crippen LogP contribution >= 0.6 is 0 Å². The molecule has 3 fully saturated rings. The van der Waals surface area contributed by atoms with Crippen molar-refractivity contribution in [2.24, 2.45) is 0 Å². The number of hydrogen-bond donors (Lipinski definition) is 0. The molecule has 0 aliphatic carbocycles. The summed E-state index contributed by atoms with van der Waals surface area (Å²) in [5.41, 5.74) is 2.11. The van der Waals surface area contributed by atoms with Gasteiger partial charge in [0.25, 0.3) is 0 Å². The van der Waals surface area contributed by atoms with Gasteiger partial charge in [-0.15, -0.1) is 0 Å². The molecule has 4 rings (SSSR count). The standard InChI is InChI=1S/C19H30N4O4S2/c1-14-15(2)20-18(21-19(14)22-8-3-4-9-22)16-5-10-23(11-6-16)29(26,27)17-7-12-28(24,25)13-17/h16-17H,3-13H2,1-2H3. The number of rotatable bonds is 4. The van der Waals surface area contributed by atoms with E-state index in [-0.39, 0.29) is 23.8 Å². The van der Waals surface area contributed by atoms with E-state index in [0.717, 1.165) is 36.0 Å². The Hall–Kier alpha value is -1.26. The maximum absolute atomic E-state index is 12.9. The molecule has 1 aromatic rings. The predicted octanol–water partition coefficient (Wildman–Crippen LogP) is 1.39. The largest absolute Gasteiger partial charge is 0.356 e. The van der Waals surface area contributed by atoms with Crippen LogP contribution in [0.5, 0.6) is 0 Å². The van der Waals surface area contributed by atoms with Gasteiger partial charge in [0.2, 0.25) is 10.0 Å². The van der Waals surface area contributed by atoms with Gasteiger partial charge in [0, 0.05) is 43.4 Å². The van der Waals surface area contributed by atoms with Crippen molar-refractivity contribution in [3.63, 3.8) is 0 Å². The minimum Gasteiger partial charge on any atom is -0.356 e. The van der Waals surface area contributed by atoms with E-state index in [1.165, 1.54) is 17.1 Å². The van der Waals surface area contributed by atoms with E-state index in [4.69, 9.17) is 9.97 Å². The van der Waals surface area contributed by atoms with Crippen molar-refractivity contribution in [3.8, 4) is 0 Å². The van der Waals surface area contributed by atoms with E-state index in [9.17, 15) is 16.8 Å². The number of hydrogen-bond acceptors (Lipinski definition) is 7. The monoisotopic (exact) mass is 442 g/mol. The van der Waals surface area contributed by atoms with Crippen molar-refractivity contribution < 1.29 is 16.8 Å². The molecule has 0 amide bonds. The van der Waals surface area contributed by atoms with Crippen molar-refractivity contribution in [1.29, 1.82) is 0 Å². The van der Waals surface area contributed by atoms with E-state index < -0.39 is 25.1 Å². The zero-order chi connectivity index (χ0) is 20.8. The molecular formula is C19H30N4O4S2. The highest BCUT2D eigenvalue weighted by molar-refractivity contribution is 7.95. The van der Waals surface area contributed by atoms with Gasteiger partial charge in [0.15, 0.2) is 9.84 Å². The minimum absolute atomic E-state index is 0.0247. The molecule has 3 aliphatic rings. The first-order valence-corrected chi connectivity index (χ1v) is 13.8. The molecule has 10 heteroatoms. The molecule has 1 atom stereocenters. The zero-order valence-electron chi connectivity index (χ0n) is 17.2. The van der Waals surface area contributed by atoms with Gasteiger partial charge >= 0.3 is 0 Å². The third kappa shape index (κ3) is 4.16. The third-order valence-electron chi connectivity index (χ3n) is 6.58. The molecule has 0 spiro atoms. The van der Waals surface area contributed by atoms with Crippen molar-refractivity contribution in [2.75, 3.05) is 42.6 Å². The molecule has 29 heavy (non-hydrogen) atoms. The summed E-state index contributed by atoms with van der Waals surface area (Å²) in [6, 6.07) is 0. The fraction of sp³-hybridized carbons (Fsp3) is 0.789. The Morgan fingerprint density at radius 3 is 2.21 bits per heavy atom. The van der Waals surface area contributed by atoms with Gasteiger partial charge in [0.05, 0.1) is 16.8 Å². The molecule has 0 saturated carbocycles. The smallest absolute Gasteiger partial charge is 0.218 e. The number of sulfonamides is 1. The summed E-state index contributed by atoms with van der Waals surface area (Å²) in [5.74, 6) is 1.71. The molecule has 1 unspecified atom stereocenters. The van der Waals surface area contributed by atoms with E-state index in [2.05, 4.69) is 11.8 Å². The first kappa shape index (κ1) is 21.0. The lowest BCUT2D eigenvalue weighted by atomic mass is 9.97. The molecule has 0 aromatic carbocycles. The Balaban J connectivity index is 1.47. The topological polar surface area (TPSA) is 101 Å². The van der Waals surface area contributed by atoms with Gasteiger partial charge < -0.3 is 4.90 Å². The Morgan fingerprint density at radius 2 is 1.62 bits per heavy atom. The number of aryl methyl sites for hydroxylation is 1. The van der Waals surface area contributed by atoms with Gasteiger partial charge in [-0.3, -0.25) is 0 Å². The highest BCUT2D eigenvalue weighted by atomic mass is 32.2. The molecule has 162 valence electrons. The molecule has 1 aromatic heterocycles. The number of sulfone groups is 1. The Labute approximate surface area is 173 Å².